The number of thiophene rings is 1. The van der Waals surface area contributed by atoms with Gasteiger partial charge in [-0.2, -0.15) is 0 Å². The Labute approximate surface area is 179 Å². The second-order valence-electron chi connectivity index (χ2n) is 7.03. The molecule has 0 saturated heterocycles. The van der Waals surface area contributed by atoms with Gasteiger partial charge in [-0.15, -0.1) is 11.3 Å². The van der Waals surface area contributed by atoms with Crippen LogP contribution in [0.1, 0.15) is 11.1 Å². The SMILES string of the molecule is Cc1ccc(CNC(=O)Cn2c(=O)n(-c3cc(F)cc(F)c3)c(=O)c3sccc32)cc1. The van der Waals surface area contributed by atoms with Crippen molar-refractivity contribution in [2.45, 2.75) is 20.0 Å². The Hall–Kier alpha value is -3.59. The molecule has 1 amide bonds. The molecule has 0 bridgehead atoms. The minimum Gasteiger partial charge on any atom is -0.350 e. The van der Waals surface area contributed by atoms with Crippen molar-refractivity contribution in [2.75, 3.05) is 0 Å². The van der Waals surface area contributed by atoms with Gasteiger partial charge >= 0.3 is 5.69 Å². The van der Waals surface area contributed by atoms with Crippen LogP contribution in [0, 0.1) is 18.6 Å². The highest BCUT2D eigenvalue weighted by Crippen LogP contribution is 2.17. The van der Waals surface area contributed by atoms with Crippen molar-refractivity contribution in [3.8, 4) is 5.69 Å². The summed E-state index contributed by atoms with van der Waals surface area (Å²) < 4.78 is 29.4. The summed E-state index contributed by atoms with van der Waals surface area (Å²) in [5.41, 5.74) is 0.489. The Morgan fingerprint density at radius 1 is 1.03 bits per heavy atom. The predicted molar refractivity (Wildman–Crippen MR) is 115 cm³/mol. The molecule has 0 unspecified atom stereocenters. The summed E-state index contributed by atoms with van der Waals surface area (Å²) in [4.78, 5) is 38.4. The molecule has 0 saturated carbocycles. The lowest BCUT2D eigenvalue weighted by Crippen LogP contribution is -2.41. The number of nitrogens with one attached hydrogen (secondary N) is 1. The number of hydrogen-bond acceptors (Lipinski definition) is 4. The molecule has 0 fully saturated rings. The van der Waals surface area contributed by atoms with Gasteiger partial charge in [0.05, 0.1) is 11.2 Å². The summed E-state index contributed by atoms with van der Waals surface area (Å²) in [6, 6.07) is 11.6. The topological polar surface area (TPSA) is 73.1 Å². The first-order chi connectivity index (χ1) is 14.8. The molecular weight excluding hydrogens is 424 g/mol. The summed E-state index contributed by atoms with van der Waals surface area (Å²) in [7, 11) is 0. The molecule has 0 radical (unpaired) electrons. The largest absolute Gasteiger partial charge is 0.350 e. The van der Waals surface area contributed by atoms with Crippen molar-refractivity contribution in [3.05, 3.63) is 97.5 Å². The zero-order chi connectivity index (χ0) is 22.1. The maximum absolute atomic E-state index is 13.7. The van der Waals surface area contributed by atoms with E-state index in [-0.39, 0.29) is 23.5 Å². The third-order valence-corrected chi connectivity index (χ3v) is 5.66. The summed E-state index contributed by atoms with van der Waals surface area (Å²) in [6.45, 7) is 1.88. The Kier molecular flexibility index (Phi) is 5.51. The molecule has 0 aliphatic rings. The zero-order valence-corrected chi connectivity index (χ0v) is 17.2. The molecule has 31 heavy (non-hydrogen) atoms. The summed E-state index contributed by atoms with van der Waals surface area (Å²) >= 11 is 1.08. The lowest BCUT2D eigenvalue weighted by atomic mass is 10.1. The van der Waals surface area contributed by atoms with Crippen LogP contribution >= 0.6 is 11.3 Å². The Bertz CT molecular complexity index is 1380. The van der Waals surface area contributed by atoms with Gasteiger partial charge in [0.2, 0.25) is 5.91 Å². The van der Waals surface area contributed by atoms with Crippen molar-refractivity contribution in [3.63, 3.8) is 0 Å². The number of aryl methyl sites for hydroxylation is 1. The molecule has 0 spiro atoms. The van der Waals surface area contributed by atoms with Crippen LogP contribution in [0.5, 0.6) is 0 Å². The zero-order valence-electron chi connectivity index (χ0n) is 16.4. The van der Waals surface area contributed by atoms with E-state index in [0.717, 1.165) is 39.2 Å². The van der Waals surface area contributed by atoms with Crippen LogP contribution in [-0.2, 0) is 17.9 Å². The normalized spacial score (nSPS) is 11.1. The quantitative estimate of drug-likeness (QED) is 0.517. The molecule has 2 heterocycles. The second kappa shape index (κ2) is 8.27. The predicted octanol–water partition coefficient (Wildman–Crippen LogP) is 3.12. The molecule has 0 atom stereocenters. The van der Waals surface area contributed by atoms with E-state index in [9.17, 15) is 23.2 Å². The van der Waals surface area contributed by atoms with E-state index in [0.29, 0.717) is 16.2 Å². The van der Waals surface area contributed by atoms with E-state index >= 15 is 0 Å². The average molecular weight is 441 g/mol. The van der Waals surface area contributed by atoms with Crippen molar-refractivity contribution in [1.29, 1.82) is 0 Å². The molecule has 6 nitrogen and oxygen atoms in total. The molecule has 4 aromatic rings. The van der Waals surface area contributed by atoms with Gasteiger partial charge in [-0.05, 0) is 36.1 Å². The molecule has 0 aliphatic carbocycles. The third-order valence-electron chi connectivity index (χ3n) is 4.77. The van der Waals surface area contributed by atoms with E-state index < -0.39 is 28.8 Å². The van der Waals surface area contributed by atoms with Crippen LogP contribution in [0.2, 0.25) is 0 Å². The first-order valence-corrected chi connectivity index (χ1v) is 10.2. The maximum Gasteiger partial charge on any atom is 0.336 e. The molecule has 1 N–H and O–H groups in total. The number of halogens is 2. The van der Waals surface area contributed by atoms with Crippen molar-refractivity contribution in [1.82, 2.24) is 14.5 Å². The van der Waals surface area contributed by atoms with Crippen molar-refractivity contribution < 1.29 is 13.6 Å². The first-order valence-electron chi connectivity index (χ1n) is 9.35. The van der Waals surface area contributed by atoms with Crippen LogP contribution in [0.3, 0.4) is 0 Å². The number of nitrogens with zero attached hydrogens (tertiary/aromatic N) is 2. The maximum atomic E-state index is 13.7. The first kappa shape index (κ1) is 20.7. The number of aromatic nitrogens is 2. The van der Waals surface area contributed by atoms with Gasteiger partial charge in [0.15, 0.2) is 0 Å². The Morgan fingerprint density at radius 2 is 1.71 bits per heavy atom. The van der Waals surface area contributed by atoms with Gasteiger partial charge in [0.1, 0.15) is 22.9 Å². The summed E-state index contributed by atoms with van der Waals surface area (Å²) in [5.74, 6) is -2.28. The average Bonchev–Trinajstić information content (AvgIpc) is 3.20. The van der Waals surface area contributed by atoms with Gasteiger partial charge in [0.25, 0.3) is 5.56 Å². The monoisotopic (exact) mass is 441 g/mol. The number of rotatable bonds is 5. The number of carbonyl (C=O) groups excluding carboxylic acids is 1. The van der Waals surface area contributed by atoms with Gasteiger partial charge in [-0.3, -0.25) is 14.2 Å². The minimum absolute atomic E-state index is 0.204. The molecule has 9 heteroatoms. The second-order valence-corrected chi connectivity index (χ2v) is 7.95. The van der Waals surface area contributed by atoms with Gasteiger partial charge in [-0.1, -0.05) is 29.8 Å². The van der Waals surface area contributed by atoms with E-state index in [4.69, 9.17) is 0 Å². The number of benzene rings is 2. The van der Waals surface area contributed by atoms with Crippen LogP contribution in [0.25, 0.3) is 15.9 Å². The fraction of sp³-hybridized carbons (Fsp3) is 0.136. The Morgan fingerprint density at radius 3 is 2.39 bits per heavy atom. The molecule has 4 rings (SSSR count). The van der Waals surface area contributed by atoms with E-state index in [1.807, 2.05) is 31.2 Å². The number of fused-ring (bicyclic) bond motifs is 1. The van der Waals surface area contributed by atoms with Gasteiger partial charge in [0, 0.05) is 12.6 Å². The highest BCUT2D eigenvalue weighted by Gasteiger charge is 2.18. The van der Waals surface area contributed by atoms with Gasteiger partial charge in [-0.25, -0.2) is 18.1 Å². The lowest BCUT2D eigenvalue weighted by molar-refractivity contribution is -0.121. The molecule has 2 aromatic carbocycles. The standard InChI is InChI=1S/C22H17F2N3O3S/c1-13-2-4-14(5-3-13)11-25-19(28)12-26-18-6-7-31-20(18)21(29)27(22(26)30)17-9-15(23)8-16(24)10-17/h2-10H,11-12H2,1H3,(H,25,28). The highest BCUT2D eigenvalue weighted by atomic mass is 32.1. The van der Waals surface area contributed by atoms with E-state index in [1.165, 1.54) is 0 Å². The fourth-order valence-electron chi connectivity index (χ4n) is 3.24. The molecule has 2 aromatic heterocycles. The molecular formula is C22H17F2N3O3S. The molecule has 158 valence electrons. The smallest absolute Gasteiger partial charge is 0.336 e. The van der Waals surface area contributed by atoms with Crippen molar-refractivity contribution in [2.24, 2.45) is 0 Å². The Balaban J connectivity index is 1.71. The number of amides is 1. The third kappa shape index (κ3) is 4.17. The van der Waals surface area contributed by atoms with Crippen LogP contribution in [0.15, 0.2) is 63.5 Å². The fourth-order valence-corrected chi connectivity index (χ4v) is 4.07. The van der Waals surface area contributed by atoms with E-state index in [2.05, 4.69) is 5.32 Å². The lowest BCUT2D eigenvalue weighted by Gasteiger charge is -2.13. The van der Waals surface area contributed by atoms with Gasteiger partial charge < -0.3 is 5.32 Å². The van der Waals surface area contributed by atoms with Crippen molar-refractivity contribution >= 4 is 27.5 Å². The number of hydrogen-bond donors (Lipinski definition) is 1. The summed E-state index contributed by atoms with van der Waals surface area (Å²) in [6.07, 6.45) is 0. The summed E-state index contributed by atoms with van der Waals surface area (Å²) in [5, 5.41) is 4.35. The van der Waals surface area contributed by atoms with Crippen LogP contribution in [0.4, 0.5) is 8.78 Å². The van der Waals surface area contributed by atoms with Crippen LogP contribution < -0.4 is 16.6 Å². The van der Waals surface area contributed by atoms with E-state index in [1.54, 1.807) is 11.4 Å². The molecule has 0 aliphatic heterocycles. The number of carbonyl (C=O) groups is 1. The minimum atomic E-state index is -0.921. The van der Waals surface area contributed by atoms with Crippen LogP contribution in [-0.4, -0.2) is 15.0 Å². The highest BCUT2D eigenvalue weighted by molar-refractivity contribution is 7.17.